The highest BCUT2D eigenvalue weighted by molar-refractivity contribution is 5.75. The van der Waals surface area contributed by atoms with E-state index < -0.39 is 71.9 Å². The van der Waals surface area contributed by atoms with E-state index in [4.69, 9.17) is 37.9 Å². The van der Waals surface area contributed by atoms with Gasteiger partial charge in [-0.1, -0.05) is 11.1 Å². The van der Waals surface area contributed by atoms with E-state index in [2.05, 4.69) is 21.3 Å². The Balaban J connectivity index is 1.73. The Morgan fingerprint density at radius 1 is 0.353 bits per heavy atom. The molecule has 8 bridgehead atoms. The van der Waals surface area contributed by atoms with Crippen LogP contribution >= 0.6 is 0 Å². The highest BCUT2D eigenvalue weighted by Gasteiger charge is 2.51. The molecule has 5 rings (SSSR count). The molecule has 12 unspecified atom stereocenters. The summed E-state index contributed by atoms with van der Waals surface area (Å²) in [7, 11) is 10.6. The highest BCUT2D eigenvalue weighted by atomic mass is 16.5. The van der Waals surface area contributed by atoms with Gasteiger partial charge in [-0.15, -0.1) is 0 Å². The Hall–Kier alpha value is -4.92. The van der Waals surface area contributed by atoms with Gasteiger partial charge in [0.25, 0.3) is 0 Å². The van der Waals surface area contributed by atoms with Gasteiger partial charge in [-0.05, 0) is 86.2 Å². The van der Waals surface area contributed by atoms with Gasteiger partial charge < -0.3 is 59.2 Å². The van der Waals surface area contributed by atoms with Crippen molar-refractivity contribution < 1.29 is 76.3 Å². The van der Waals surface area contributed by atoms with Crippen molar-refractivity contribution in [3.63, 3.8) is 0 Å². The Morgan fingerprint density at radius 2 is 0.632 bits per heavy atom. The minimum Gasteiger partial charge on any atom is -0.469 e. The lowest BCUT2D eigenvalue weighted by Crippen LogP contribution is -2.46. The van der Waals surface area contributed by atoms with Crippen molar-refractivity contribution in [3.8, 4) is 0 Å². The van der Waals surface area contributed by atoms with Gasteiger partial charge in [0, 0.05) is 74.0 Å². The fourth-order valence-corrected chi connectivity index (χ4v) is 11.9. The van der Waals surface area contributed by atoms with Gasteiger partial charge in [0.15, 0.2) is 0 Å². The van der Waals surface area contributed by atoms with E-state index in [1.165, 1.54) is 56.9 Å². The minimum absolute atomic E-state index is 0.0188. The van der Waals surface area contributed by atoms with Crippen molar-refractivity contribution in [3.05, 3.63) is 22.3 Å². The van der Waals surface area contributed by atoms with Crippen molar-refractivity contribution >= 4 is 47.8 Å². The lowest BCUT2D eigenvalue weighted by molar-refractivity contribution is -0.143. The predicted octanol–water partition coefficient (Wildman–Crippen LogP) is 2.05. The maximum absolute atomic E-state index is 13.3. The average molecular weight is 961 g/mol. The molecule has 68 heavy (non-hydrogen) atoms. The first kappa shape index (κ1) is 54.0. The van der Waals surface area contributed by atoms with Gasteiger partial charge in [0.1, 0.15) is 0 Å². The van der Waals surface area contributed by atoms with Crippen LogP contribution in [-0.4, -0.2) is 153 Å². The van der Waals surface area contributed by atoms with Gasteiger partial charge in [-0.2, -0.15) is 0 Å². The number of carbonyl (C=O) groups is 8. The minimum atomic E-state index is -0.476. The Labute approximate surface area is 398 Å². The molecule has 5 heterocycles. The van der Waals surface area contributed by atoms with Gasteiger partial charge in [0.2, 0.25) is 0 Å². The zero-order valence-corrected chi connectivity index (χ0v) is 40.8. The molecule has 380 valence electrons. The van der Waals surface area contributed by atoms with Gasteiger partial charge in [0.05, 0.1) is 82.6 Å². The number of fused-ring (bicyclic) bond motifs is 8. The molecule has 0 spiro atoms. The average Bonchev–Trinajstić information content (AvgIpc) is 4.04. The molecule has 0 amide bonds. The summed E-state index contributed by atoms with van der Waals surface area (Å²) in [4.78, 5) is 104. The second-order valence-electron chi connectivity index (χ2n) is 18.5. The van der Waals surface area contributed by atoms with E-state index in [0.717, 1.165) is 22.3 Å². The summed E-state index contributed by atoms with van der Waals surface area (Å²) in [6, 6.07) is -3.13. The zero-order chi connectivity index (χ0) is 49.7. The number of hydrogen-bond donors (Lipinski definition) is 4. The molecule has 3 saturated heterocycles. The molecular formula is C48H72N4O16. The Morgan fingerprint density at radius 3 is 0.941 bits per heavy atom. The van der Waals surface area contributed by atoms with Crippen LogP contribution in [0.5, 0.6) is 0 Å². The second kappa shape index (κ2) is 25.6. The monoisotopic (exact) mass is 960 g/mol. The van der Waals surface area contributed by atoms with E-state index >= 15 is 0 Å². The number of hydrogen-bond acceptors (Lipinski definition) is 20. The molecule has 0 aromatic rings. The predicted molar refractivity (Wildman–Crippen MR) is 241 cm³/mol. The van der Waals surface area contributed by atoms with Crippen LogP contribution in [0.25, 0.3) is 0 Å². The van der Waals surface area contributed by atoms with Crippen LogP contribution < -0.4 is 21.3 Å². The number of rotatable bonds is 20. The van der Waals surface area contributed by atoms with Crippen LogP contribution in [0.4, 0.5) is 0 Å². The van der Waals surface area contributed by atoms with Crippen LogP contribution in [-0.2, 0) is 76.3 Å². The molecule has 0 aromatic carbocycles. The number of carbonyl (C=O) groups excluding carboxylic acids is 8. The number of nitrogens with one attached hydrogen (secondary N) is 4. The SMILES string of the molecule is COC(=O)CCC1=C(CC(=O)OC)C2CC3NC(CC4NC(CC5NC(CC1N2)C(CCC(=O)OC)C5CC(=O)OC)C(CCC(=O)OC)=C4CC(=O)OC)C(CCC(=O)OC)C3CC(=O)OC. The summed E-state index contributed by atoms with van der Waals surface area (Å²) in [6.45, 7) is 0. The van der Waals surface area contributed by atoms with Gasteiger partial charge >= 0.3 is 47.8 Å². The van der Waals surface area contributed by atoms with Crippen LogP contribution in [0.15, 0.2) is 22.3 Å². The van der Waals surface area contributed by atoms with Crippen molar-refractivity contribution in [1.82, 2.24) is 21.3 Å². The maximum Gasteiger partial charge on any atom is 0.309 e. The Bertz CT molecular complexity index is 1920. The molecule has 0 radical (unpaired) electrons. The van der Waals surface area contributed by atoms with Gasteiger partial charge in [-0.25, -0.2) is 0 Å². The summed E-state index contributed by atoms with van der Waals surface area (Å²) in [5.74, 6) is -4.77. The summed E-state index contributed by atoms with van der Waals surface area (Å²) in [5, 5.41) is 15.4. The van der Waals surface area contributed by atoms with Crippen LogP contribution in [0.3, 0.4) is 0 Å². The smallest absolute Gasteiger partial charge is 0.309 e. The summed E-state index contributed by atoms with van der Waals surface area (Å²) in [6.07, 6.45) is 2.96. The first-order chi connectivity index (χ1) is 32.6. The standard InChI is InChI=1S/C48H72N4O16/c1-61-41(53)13-9-25-29(17-45(57)65-5)37-22-35-27(11-15-43(55)63-3)30(18-46(58)66-6)38(51-35)23-36-28(12-16-44(56)64-4)32(20-48(60)68-8)40(52-36)24-39-31(19-47(59)67-7)26(10-14-42(54)62-2)34(50-39)21-33(25)49-37/h25,28-29,32-40,49-52H,9-24H2,1-8H3. The number of methoxy groups -OCH3 is 8. The molecular weight excluding hydrogens is 889 g/mol. The number of esters is 8. The first-order valence-electron chi connectivity index (χ1n) is 23.6. The van der Waals surface area contributed by atoms with Gasteiger partial charge in [-0.3, -0.25) is 38.4 Å². The van der Waals surface area contributed by atoms with Crippen molar-refractivity contribution in [2.45, 2.75) is 151 Å². The maximum atomic E-state index is 13.3. The van der Waals surface area contributed by atoms with E-state index in [1.54, 1.807) is 0 Å². The molecule has 20 nitrogen and oxygen atoms in total. The van der Waals surface area contributed by atoms with Crippen molar-refractivity contribution in [2.75, 3.05) is 56.9 Å². The van der Waals surface area contributed by atoms with Crippen LogP contribution in [0.1, 0.15) is 103 Å². The molecule has 20 heteroatoms. The topological polar surface area (TPSA) is 259 Å². The van der Waals surface area contributed by atoms with Crippen LogP contribution in [0, 0.1) is 23.7 Å². The fourth-order valence-electron chi connectivity index (χ4n) is 11.9. The molecule has 12 atom stereocenters. The molecule has 5 aliphatic heterocycles. The van der Waals surface area contributed by atoms with Crippen molar-refractivity contribution in [2.24, 2.45) is 23.7 Å². The van der Waals surface area contributed by atoms with E-state index in [1.807, 2.05) is 0 Å². The third-order valence-corrected chi connectivity index (χ3v) is 15.2. The number of ether oxygens (including phenoxy) is 8. The van der Waals surface area contributed by atoms with E-state index in [9.17, 15) is 38.4 Å². The molecule has 5 aliphatic rings. The summed E-state index contributed by atoms with van der Waals surface area (Å²) < 4.78 is 41.3. The third kappa shape index (κ3) is 13.7. The molecule has 4 N–H and O–H groups in total. The lowest BCUT2D eigenvalue weighted by atomic mass is 9.77. The summed E-state index contributed by atoms with van der Waals surface area (Å²) in [5.41, 5.74) is 3.21. The third-order valence-electron chi connectivity index (χ3n) is 15.2. The second-order valence-corrected chi connectivity index (χ2v) is 18.5. The molecule has 0 aliphatic carbocycles. The molecule has 3 fully saturated rings. The molecule has 0 saturated carbocycles. The fraction of sp³-hybridized carbons (Fsp3) is 0.750. The molecule has 0 aromatic heterocycles. The zero-order valence-electron chi connectivity index (χ0n) is 40.8. The van der Waals surface area contributed by atoms with Crippen LogP contribution in [0.2, 0.25) is 0 Å². The van der Waals surface area contributed by atoms with Crippen molar-refractivity contribution in [1.29, 1.82) is 0 Å². The van der Waals surface area contributed by atoms with E-state index in [-0.39, 0.29) is 112 Å². The lowest BCUT2D eigenvalue weighted by Gasteiger charge is -2.29. The highest BCUT2D eigenvalue weighted by Crippen LogP contribution is 2.46. The largest absolute Gasteiger partial charge is 0.469 e. The summed E-state index contributed by atoms with van der Waals surface area (Å²) >= 11 is 0. The first-order valence-corrected chi connectivity index (χ1v) is 23.6. The van der Waals surface area contributed by atoms with E-state index in [0.29, 0.717) is 38.5 Å². The Kier molecular flexibility index (Phi) is 20.4. The normalized spacial score (nSPS) is 29.8. The quantitative estimate of drug-likeness (QED) is 0.0773.